The highest BCUT2D eigenvalue weighted by Crippen LogP contribution is 2.11. The molecule has 0 heterocycles. The van der Waals surface area contributed by atoms with Crippen molar-refractivity contribution in [2.45, 2.75) is 6.92 Å². The second kappa shape index (κ2) is 9.20. The Labute approximate surface area is 137 Å². The van der Waals surface area contributed by atoms with E-state index in [-0.39, 0.29) is 12.5 Å². The minimum atomic E-state index is -0.139. The molecule has 23 heavy (non-hydrogen) atoms. The van der Waals surface area contributed by atoms with Gasteiger partial charge in [-0.1, -0.05) is 54.6 Å². The van der Waals surface area contributed by atoms with Crippen molar-refractivity contribution in [3.8, 4) is 0 Å². The summed E-state index contributed by atoms with van der Waals surface area (Å²) < 4.78 is 0. The van der Waals surface area contributed by atoms with Gasteiger partial charge >= 0.3 is 0 Å². The van der Waals surface area contributed by atoms with Gasteiger partial charge in [0, 0.05) is 18.4 Å². The van der Waals surface area contributed by atoms with Crippen LogP contribution in [0.1, 0.15) is 12.5 Å². The van der Waals surface area contributed by atoms with Gasteiger partial charge in [0.05, 0.1) is 6.54 Å². The van der Waals surface area contributed by atoms with E-state index >= 15 is 0 Å². The molecular weight excluding hydrogens is 286 g/mol. The van der Waals surface area contributed by atoms with Crippen LogP contribution in [0.25, 0.3) is 6.08 Å². The molecule has 4 heteroatoms. The summed E-state index contributed by atoms with van der Waals surface area (Å²) in [6.45, 7) is 3.06. The summed E-state index contributed by atoms with van der Waals surface area (Å²) in [4.78, 5) is 13.9. The third-order valence-corrected chi connectivity index (χ3v) is 3.28. The average molecular weight is 307 g/mol. The Morgan fingerprint density at radius 3 is 2.39 bits per heavy atom. The number of rotatable bonds is 7. The van der Waals surface area contributed by atoms with Crippen LogP contribution in [0.3, 0.4) is 0 Å². The third-order valence-electron chi connectivity index (χ3n) is 3.28. The van der Waals surface area contributed by atoms with E-state index in [2.05, 4.69) is 10.5 Å². The lowest BCUT2D eigenvalue weighted by molar-refractivity contribution is -0.119. The fraction of sp³-hybridized carbons (Fsp3) is 0.158. The molecular formula is C19H21N3O. The van der Waals surface area contributed by atoms with Crippen molar-refractivity contribution in [1.82, 2.24) is 5.43 Å². The molecule has 0 aliphatic rings. The molecule has 0 aliphatic carbocycles. The van der Waals surface area contributed by atoms with Crippen molar-refractivity contribution in [3.63, 3.8) is 0 Å². The van der Waals surface area contributed by atoms with E-state index in [1.165, 1.54) is 0 Å². The lowest BCUT2D eigenvalue weighted by Gasteiger charge is -2.21. The Balaban J connectivity index is 1.80. The SMILES string of the molecule is CCN(CC(=O)N/N=C\C=C\c1ccccc1)c1ccccc1. The molecule has 118 valence electrons. The van der Waals surface area contributed by atoms with E-state index in [4.69, 9.17) is 0 Å². The summed E-state index contributed by atoms with van der Waals surface area (Å²) in [7, 11) is 0. The zero-order chi connectivity index (χ0) is 16.3. The zero-order valence-electron chi connectivity index (χ0n) is 13.2. The standard InChI is InChI=1S/C19H21N3O/c1-2-22(18-13-7-4-8-14-18)16-19(23)21-20-15-9-12-17-10-5-3-6-11-17/h3-15H,2,16H2,1H3,(H,21,23)/b12-9+,20-15-. The highest BCUT2D eigenvalue weighted by atomic mass is 16.2. The van der Waals surface area contributed by atoms with Gasteiger partial charge in [0.25, 0.3) is 5.91 Å². The van der Waals surface area contributed by atoms with Gasteiger partial charge in [-0.15, -0.1) is 0 Å². The van der Waals surface area contributed by atoms with Gasteiger partial charge in [0.15, 0.2) is 0 Å². The van der Waals surface area contributed by atoms with E-state index in [1.807, 2.05) is 78.6 Å². The largest absolute Gasteiger partial charge is 0.362 e. The summed E-state index contributed by atoms with van der Waals surface area (Å²) in [5, 5.41) is 3.93. The maximum Gasteiger partial charge on any atom is 0.259 e. The van der Waals surface area contributed by atoms with E-state index < -0.39 is 0 Å². The normalized spacial score (nSPS) is 11.0. The second-order valence-electron chi connectivity index (χ2n) is 4.93. The molecule has 0 fully saturated rings. The molecule has 2 aromatic carbocycles. The number of carbonyl (C=O) groups excluding carboxylic acids is 1. The fourth-order valence-electron chi connectivity index (χ4n) is 2.10. The minimum Gasteiger partial charge on any atom is -0.362 e. The van der Waals surface area contributed by atoms with Crippen LogP contribution in [0.4, 0.5) is 5.69 Å². The average Bonchev–Trinajstić information content (AvgIpc) is 2.61. The topological polar surface area (TPSA) is 44.7 Å². The molecule has 0 saturated carbocycles. The summed E-state index contributed by atoms with van der Waals surface area (Å²) in [5.74, 6) is -0.139. The molecule has 0 saturated heterocycles. The van der Waals surface area contributed by atoms with Crippen LogP contribution in [0, 0.1) is 0 Å². The van der Waals surface area contributed by atoms with Crippen molar-refractivity contribution in [1.29, 1.82) is 0 Å². The van der Waals surface area contributed by atoms with E-state index in [0.29, 0.717) is 0 Å². The van der Waals surface area contributed by atoms with Crippen molar-refractivity contribution in [2.24, 2.45) is 5.10 Å². The van der Waals surface area contributed by atoms with Gasteiger partial charge in [-0.25, -0.2) is 5.43 Å². The predicted octanol–water partition coefficient (Wildman–Crippen LogP) is 3.33. The van der Waals surface area contributed by atoms with Gasteiger partial charge in [0.2, 0.25) is 0 Å². The van der Waals surface area contributed by atoms with Gasteiger partial charge in [-0.05, 0) is 30.7 Å². The quantitative estimate of drug-likeness (QED) is 0.630. The monoisotopic (exact) mass is 307 g/mol. The number of likely N-dealkylation sites (N-methyl/N-ethyl adjacent to an activating group) is 1. The number of allylic oxidation sites excluding steroid dienone is 1. The van der Waals surface area contributed by atoms with Crippen LogP contribution >= 0.6 is 0 Å². The minimum absolute atomic E-state index is 0.139. The summed E-state index contributed by atoms with van der Waals surface area (Å²) in [5.41, 5.74) is 4.66. The Bertz CT molecular complexity index is 651. The van der Waals surface area contributed by atoms with Crippen molar-refractivity contribution in [3.05, 3.63) is 72.3 Å². The number of carbonyl (C=O) groups is 1. The number of nitrogens with zero attached hydrogens (tertiary/aromatic N) is 2. The van der Waals surface area contributed by atoms with Crippen LogP contribution in [0.5, 0.6) is 0 Å². The van der Waals surface area contributed by atoms with Crippen LogP contribution < -0.4 is 10.3 Å². The van der Waals surface area contributed by atoms with Crippen molar-refractivity contribution in [2.75, 3.05) is 18.0 Å². The van der Waals surface area contributed by atoms with Crippen molar-refractivity contribution < 1.29 is 4.79 Å². The molecule has 0 bridgehead atoms. The zero-order valence-corrected chi connectivity index (χ0v) is 13.2. The predicted molar refractivity (Wildman–Crippen MR) is 96.4 cm³/mol. The first-order valence-corrected chi connectivity index (χ1v) is 7.63. The second-order valence-corrected chi connectivity index (χ2v) is 4.93. The molecule has 0 aliphatic heterocycles. The number of nitrogens with one attached hydrogen (secondary N) is 1. The number of hydrazone groups is 1. The third kappa shape index (κ3) is 5.79. The summed E-state index contributed by atoms with van der Waals surface area (Å²) in [6, 6.07) is 19.8. The number of anilines is 1. The molecule has 0 spiro atoms. The number of hydrogen-bond donors (Lipinski definition) is 1. The molecule has 0 atom stereocenters. The highest BCUT2D eigenvalue weighted by Gasteiger charge is 2.08. The molecule has 0 radical (unpaired) electrons. The van der Waals surface area contributed by atoms with Crippen LogP contribution in [0.2, 0.25) is 0 Å². The Morgan fingerprint density at radius 2 is 1.74 bits per heavy atom. The van der Waals surface area contributed by atoms with Crippen LogP contribution in [-0.2, 0) is 4.79 Å². The van der Waals surface area contributed by atoms with Crippen LogP contribution in [-0.4, -0.2) is 25.2 Å². The first-order chi connectivity index (χ1) is 11.3. The molecule has 2 aromatic rings. The van der Waals surface area contributed by atoms with E-state index in [0.717, 1.165) is 17.8 Å². The first-order valence-electron chi connectivity index (χ1n) is 7.63. The summed E-state index contributed by atoms with van der Waals surface area (Å²) in [6.07, 6.45) is 5.30. The maximum absolute atomic E-state index is 11.9. The van der Waals surface area contributed by atoms with Crippen molar-refractivity contribution >= 4 is 23.9 Å². The van der Waals surface area contributed by atoms with Crippen LogP contribution in [0.15, 0.2) is 71.8 Å². The summed E-state index contributed by atoms with van der Waals surface area (Å²) >= 11 is 0. The molecule has 0 aromatic heterocycles. The number of para-hydroxylation sites is 1. The van der Waals surface area contributed by atoms with Gasteiger partial charge < -0.3 is 4.90 Å². The Morgan fingerprint density at radius 1 is 1.09 bits per heavy atom. The van der Waals surface area contributed by atoms with Gasteiger partial charge in [-0.2, -0.15) is 5.10 Å². The highest BCUT2D eigenvalue weighted by molar-refractivity contribution is 5.83. The fourth-order valence-corrected chi connectivity index (χ4v) is 2.10. The number of amides is 1. The number of benzene rings is 2. The molecule has 4 nitrogen and oxygen atoms in total. The lowest BCUT2D eigenvalue weighted by atomic mass is 10.2. The van der Waals surface area contributed by atoms with Gasteiger partial charge in [-0.3, -0.25) is 4.79 Å². The van der Waals surface area contributed by atoms with Gasteiger partial charge in [0.1, 0.15) is 0 Å². The Kier molecular flexibility index (Phi) is 6.60. The maximum atomic E-state index is 11.9. The first kappa shape index (κ1) is 16.5. The smallest absolute Gasteiger partial charge is 0.259 e. The van der Waals surface area contributed by atoms with E-state index in [9.17, 15) is 4.79 Å². The molecule has 0 unspecified atom stereocenters. The molecule has 2 rings (SSSR count). The number of hydrogen-bond acceptors (Lipinski definition) is 3. The lowest BCUT2D eigenvalue weighted by Crippen LogP contribution is -2.35. The Hall–Kier alpha value is -2.88. The molecule has 1 amide bonds. The molecule has 1 N–H and O–H groups in total. The van der Waals surface area contributed by atoms with E-state index in [1.54, 1.807) is 12.3 Å².